The molecule has 0 aromatic heterocycles. The zero-order chi connectivity index (χ0) is 11.6. The van der Waals surface area contributed by atoms with Gasteiger partial charge in [0, 0.05) is 0 Å². The predicted molar refractivity (Wildman–Crippen MR) is 52.3 cm³/mol. The summed E-state index contributed by atoms with van der Waals surface area (Å²) in [5, 5.41) is -1.59. The van der Waals surface area contributed by atoms with Crippen LogP contribution in [0.15, 0.2) is 0 Å². The van der Waals surface area contributed by atoms with Gasteiger partial charge in [0.15, 0.2) is 0 Å². The van der Waals surface area contributed by atoms with E-state index in [1.54, 1.807) is 0 Å². The maximum absolute atomic E-state index is 11.1. The molecule has 0 saturated heterocycles. The van der Waals surface area contributed by atoms with Gasteiger partial charge >= 0.3 is 15.2 Å². The highest BCUT2D eigenvalue weighted by Gasteiger charge is 2.47. The van der Waals surface area contributed by atoms with Crippen LogP contribution in [0.4, 0.5) is 0 Å². The van der Waals surface area contributed by atoms with Gasteiger partial charge in [0.25, 0.3) is 0 Å². The van der Waals surface area contributed by atoms with Crippen molar-refractivity contribution in [1.29, 1.82) is 0 Å². The fraction of sp³-hybridized carbons (Fsp3) is 1.00. The van der Waals surface area contributed by atoms with Gasteiger partial charge in [0.05, 0.1) is 11.3 Å². The van der Waals surface area contributed by atoms with Crippen LogP contribution in [-0.4, -0.2) is 30.9 Å². The Morgan fingerprint density at radius 2 is 1.36 bits per heavy atom. The average Bonchev–Trinajstić information content (AvgIpc) is 1.96. The van der Waals surface area contributed by atoms with Crippen molar-refractivity contribution >= 4 is 15.2 Å². The summed E-state index contributed by atoms with van der Waals surface area (Å²) in [5.74, 6) is 0. The average molecular weight is 246 g/mol. The zero-order valence-corrected chi connectivity index (χ0v) is 9.91. The Morgan fingerprint density at radius 3 is 1.43 bits per heavy atom. The van der Waals surface area contributed by atoms with Crippen molar-refractivity contribution < 1.29 is 28.7 Å². The van der Waals surface area contributed by atoms with Gasteiger partial charge in [0.2, 0.25) is 0 Å². The van der Waals surface area contributed by atoms with Crippen molar-refractivity contribution in [1.82, 2.24) is 0 Å². The van der Waals surface area contributed by atoms with E-state index in [-0.39, 0.29) is 12.8 Å². The molecule has 0 amide bonds. The van der Waals surface area contributed by atoms with Crippen LogP contribution in [0, 0.1) is 0 Å². The molecule has 6 nitrogen and oxygen atoms in total. The standard InChI is InChI=1S/C6H16O6P2/c1-3-6(4-2,14(10,11)12)5-13(7,8)9/h3-5H2,1-2H3,(H2,7,8,9)(H2,10,11,12). The third-order valence-electron chi connectivity index (χ3n) is 2.43. The third-order valence-corrected chi connectivity index (χ3v) is 5.73. The summed E-state index contributed by atoms with van der Waals surface area (Å²) in [6.07, 6.45) is -0.685. The highest BCUT2D eigenvalue weighted by Crippen LogP contribution is 2.59. The molecule has 0 radical (unpaired) electrons. The molecule has 0 heterocycles. The van der Waals surface area contributed by atoms with E-state index in [1.807, 2.05) is 0 Å². The molecule has 0 aliphatic heterocycles. The first-order valence-electron chi connectivity index (χ1n) is 4.18. The van der Waals surface area contributed by atoms with E-state index in [0.29, 0.717) is 0 Å². The molecule has 0 unspecified atom stereocenters. The van der Waals surface area contributed by atoms with Crippen molar-refractivity contribution in [2.45, 2.75) is 31.8 Å². The molecular weight excluding hydrogens is 230 g/mol. The third kappa shape index (κ3) is 3.46. The summed E-state index contributed by atoms with van der Waals surface area (Å²) in [6, 6.07) is 0. The monoisotopic (exact) mass is 246 g/mol. The van der Waals surface area contributed by atoms with Crippen LogP contribution in [0.25, 0.3) is 0 Å². The minimum atomic E-state index is -4.50. The number of rotatable bonds is 5. The fourth-order valence-corrected chi connectivity index (χ4v) is 4.69. The molecule has 14 heavy (non-hydrogen) atoms. The van der Waals surface area contributed by atoms with Crippen molar-refractivity contribution in [3.8, 4) is 0 Å². The Hall–Kier alpha value is 0.300. The largest absolute Gasteiger partial charge is 0.332 e. The van der Waals surface area contributed by atoms with Gasteiger partial charge in [-0.15, -0.1) is 0 Å². The normalized spacial score (nSPS) is 14.4. The summed E-state index contributed by atoms with van der Waals surface area (Å²) in [4.78, 5) is 35.6. The van der Waals surface area contributed by atoms with Gasteiger partial charge in [-0.25, -0.2) is 0 Å². The van der Waals surface area contributed by atoms with E-state index in [4.69, 9.17) is 19.6 Å². The Balaban J connectivity index is 5.11. The van der Waals surface area contributed by atoms with Crippen molar-refractivity contribution in [3.63, 3.8) is 0 Å². The second-order valence-electron chi connectivity index (χ2n) is 3.30. The predicted octanol–water partition coefficient (Wildman–Crippen LogP) is 0.901. The van der Waals surface area contributed by atoms with Gasteiger partial charge in [-0.2, -0.15) is 0 Å². The smallest absolute Gasteiger partial charge is 0.324 e. The molecule has 0 fully saturated rings. The molecule has 0 spiro atoms. The Bertz CT molecular complexity index is 272. The van der Waals surface area contributed by atoms with Crippen LogP contribution < -0.4 is 0 Å². The van der Waals surface area contributed by atoms with Gasteiger partial charge in [0.1, 0.15) is 0 Å². The van der Waals surface area contributed by atoms with Gasteiger partial charge in [-0.05, 0) is 12.8 Å². The van der Waals surface area contributed by atoms with Crippen molar-refractivity contribution in [3.05, 3.63) is 0 Å². The second kappa shape index (κ2) is 4.44. The van der Waals surface area contributed by atoms with Crippen molar-refractivity contribution in [2.75, 3.05) is 6.16 Å². The zero-order valence-electron chi connectivity index (χ0n) is 8.12. The van der Waals surface area contributed by atoms with Gasteiger partial charge in [-0.3, -0.25) is 9.13 Å². The van der Waals surface area contributed by atoms with E-state index >= 15 is 0 Å². The Kier molecular flexibility index (Phi) is 4.53. The van der Waals surface area contributed by atoms with Crippen LogP contribution in [0.3, 0.4) is 0 Å². The summed E-state index contributed by atoms with van der Waals surface area (Å²) in [7, 11) is -8.90. The lowest BCUT2D eigenvalue weighted by molar-refractivity contribution is 0.308. The molecule has 4 N–H and O–H groups in total. The van der Waals surface area contributed by atoms with Crippen LogP contribution in [0.1, 0.15) is 26.7 Å². The highest BCUT2D eigenvalue weighted by molar-refractivity contribution is 7.57. The van der Waals surface area contributed by atoms with Crippen LogP contribution >= 0.6 is 15.2 Å². The van der Waals surface area contributed by atoms with Gasteiger partial charge < -0.3 is 19.6 Å². The van der Waals surface area contributed by atoms with Crippen LogP contribution in [0.2, 0.25) is 0 Å². The molecule has 0 atom stereocenters. The summed E-state index contributed by atoms with van der Waals surface area (Å²) < 4.78 is 21.9. The Labute approximate surface area is 82.7 Å². The SMILES string of the molecule is CCC(CC)(CP(=O)(O)O)P(=O)(O)O. The topological polar surface area (TPSA) is 115 Å². The summed E-state index contributed by atoms with van der Waals surface area (Å²) in [5.41, 5.74) is 0. The minimum absolute atomic E-state index is 0.0406. The maximum Gasteiger partial charge on any atom is 0.332 e. The maximum atomic E-state index is 11.1. The fourth-order valence-electron chi connectivity index (χ4n) is 1.36. The minimum Gasteiger partial charge on any atom is -0.324 e. The van der Waals surface area contributed by atoms with E-state index in [1.165, 1.54) is 13.8 Å². The molecule has 0 saturated carbocycles. The lowest BCUT2D eigenvalue weighted by Gasteiger charge is -2.32. The molecule has 0 aromatic carbocycles. The number of hydrogen-bond donors (Lipinski definition) is 4. The molecule has 86 valence electrons. The van der Waals surface area contributed by atoms with Crippen molar-refractivity contribution in [2.24, 2.45) is 0 Å². The Morgan fingerprint density at radius 1 is 1.00 bits per heavy atom. The van der Waals surface area contributed by atoms with E-state index < -0.39 is 26.5 Å². The molecule has 0 aliphatic rings. The summed E-state index contributed by atoms with van der Waals surface area (Å²) >= 11 is 0. The lowest BCUT2D eigenvalue weighted by Crippen LogP contribution is -2.31. The first kappa shape index (κ1) is 14.3. The van der Waals surface area contributed by atoms with E-state index in [9.17, 15) is 9.13 Å². The first-order valence-corrected chi connectivity index (χ1v) is 7.59. The lowest BCUT2D eigenvalue weighted by atomic mass is 10.1. The molecule has 0 aromatic rings. The van der Waals surface area contributed by atoms with Crippen LogP contribution in [0.5, 0.6) is 0 Å². The van der Waals surface area contributed by atoms with Crippen LogP contribution in [-0.2, 0) is 9.13 Å². The number of hydrogen-bond acceptors (Lipinski definition) is 2. The molecule has 0 bridgehead atoms. The molecule has 0 rings (SSSR count). The second-order valence-corrected chi connectivity index (χ2v) is 6.98. The molecule has 0 aliphatic carbocycles. The molecule has 8 heteroatoms. The molecular formula is C6H16O6P2. The van der Waals surface area contributed by atoms with E-state index in [2.05, 4.69) is 0 Å². The van der Waals surface area contributed by atoms with Gasteiger partial charge in [-0.1, -0.05) is 13.8 Å². The summed E-state index contributed by atoms with van der Waals surface area (Å²) in [6.45, 7) is 3.02. The highest BCUT2D eigenvalue weighted by atomic mass is 31.2. The van der Waals surface area contributed by atoms with E-state index in [0.717, 1.165) is 0 Å². The first-order chi connectivity index (χ1) is 6.08. The quantitative estimate of drug-likeness (QED) is 0.536.